The molecule has 1 N–H and O–H groups in total. The highest BCUT2D eigenvalue weighted by molar-refractivity contribution is 5.48. The highest BCUT2D eigenvalue weighted by atomic mass is 17.2. The maximum Gasteiger partial charge on any atom is 0.147 e. The first kappa shape index (κ1) is 22.9. The molecule has 0 amide bonds. The second-order valence-electron chi connectivity index (χ2n) is 12.8. The molecule has 0 unspecified atom stereocenters. The van der Waals surface area contributed by atoms with Crippen LogP contribution in [0, 0.1) is 40.4 Å². The van der Waals surface area contributed by atoms with Crippen LogP contribution in [0.15, 0.2) is 35.5 Å². The molecule has 0 aromatic heterocycles. The van der Waals surface area contributed by atoms with Crippen molar-refractivity contribution in [3.05, 3.63) is 35.5 Å². The molecule has 6 rings (SSSR count). The SMILES string of the molecule is C/C(=C\[C@@H](C)[C@H]1CC[C@@H]2[C@]1(C)CC=C1[C@]23C=C[C@]2(C[C@@H](O)CC[C@]12C)OO3)[C@H](C)C(C)C. The average molecular weight is 441 g/mol. The minimum atomic E-state index is -0.510. The Balaban J connectivity index is 1.49. The molecule has 9 atom stereocenters. The van der Waals surface area contributed by atoms with Gasteiger partial charge in [-0.15, -0.1) is 0 Å². The molecule has 0 aromatic carbocycles. The number of hydrogen-bond donors (Lipinski definition) is 1. The third kappa shape index (κ3) is 2.83. The Hall–Kier alpha value is -0.900. The summed E-state index contributed by atoms with van der Waals surface area (Å²) in [6, 6.07) is 0. The first-order valence-corrected chi connectivity index (χ1v) is 13.1. The van der Waals surface area contributed by atoms with E-state index in [0.717, 1.165) is 19.3 Å². The Morgan fingerprint density at radius 3 is 2.50 bits per heavy atom. The lowest BCUT2D eigenvalue weighted by molar-refractivity contribution is -0.455. The smallest absolute Gasteiger partial charge is 0.147 e. The van der Waals surface area contributed by atoms with Gasteiger partial charge in [0.15, 0.2) is 0 Å². The lowest BCUT2D eigenvalue weighted by Crippen LogP contribution is -2.69. The monoisotopic (exact) mass is 440 g/mol. The molecule has 2 heterocycles. The van der Waals surface area contributed by atoms with E-state index in [9.17, 15) is 5.11 Å². The Bertz CT molecular complexity index is 870. The third-order valence-electron chi connectivity index (χ3n) is 10.9. The van der Waals surface area contributed by atoms with Crippen molar-refractivity contribution in [2.45, 2.75) is 104 Å². The van der Waals surface area contributed by atoms with Gasteiger partial charge in [-0.05, 0) is 85.8 Å². The van der Waals surface area contributed by atoms with Crippen LogP contribution in [0.25, 0.3) is 0 Å². The number of allylic oxidation sites excluding steroid dienone is 3. The molecule has 3 heteroatoms. The van der Waals surface area contributed by atoms with Gasteiger partial charge in [0, 0.05) is 17.8 Å². The van der Waals surface area contributed by atoms with Crippen molar-refractivity contribution in [2.24, 2.45) is 40.4 Å². The average Bonchev–Trinajstić information content (AvgIpc) is 3.11. The van der Waals surface area contributed by atoms with Crippen molar-refractivity contribution in [1.29, 1.82) is 0 Å². The highest BCUT2D eigenvalue weighted by Gasteiger charge is 2.71. The minimum absolute atomic E-state index is 0.0759. The summed E-state index contributed by atoms with van der Waals surface area (Å²) in [7, 11) is 0. The molecule has 32 heavy (non-hydrogen) atoms. The maximum atomic E-state index is 10.4. The van der Waals surface area contributed by atoms with Gasteiger partial charge in [0.25, 0.3) is 0 Å². The zero-order valence-electron chi connectivity index (χ0n) is 21.3. The predicted molar refractivity (Wildman–Crippen MR) is 129 cm³/mol. The van der Waals surface area contributed by atoms with E-state index in [0.29, 0.717) is 36.0 Å². The van der Waals surface area contributed by atoms with Crippen molar-refractivity contribution in [3.63, 3.8) is 0 Å². The molecular weight excluding hydrogens is 396 g/mol. The van der Waals surface area contributed by atoms with Gasteiger partial charge in [0.05, 0.1) is 6.10 Å². The van der Waals surface area contributed by atoms with Crippen molar-refractivity contribution < 1.29 is 14.9 Å². The number of hydrogen-bond acceptors (Lipinski definition) is 3. The van der Waals surface area contributed by atoms with Crippen molar-refractivity contribution in [3.8, 4) is 0 Å². The van der Waals surface area contributed by atoms with E-state index in [1.807, 2.05) is 0 Å². The summed E-state index contributed by atoms with van der Waals surface area (Å²) in [6.07, 6.45) is 15.4. The Kier molecular flexibility index (Phi) is 5.22. The van der Waals surface area contributed by atoms with Crippen LogP contribution in [0.5, 0.6) is 0 Å². The molecule has 3 fully saturated rings. The minimum Gasteiger partial charge on any atom is -0.393 e. The summed E-state index contributed by atoms with van der Waals surface area (Å²) in [5.74, 6) is 2.97. The fraction of sp³-hybridized carbons (Fsp3) is 0.793. The van der Waals surface area contributed by atoms with Gasteiger partial charge < -0.3 is 5.11 Å². The van der Waals surface area contributed by atoms with E-state index in [-0.39, 0.29) is 16.9 Å². The van der Waals surface area contributed by atoms with E-state index in [1.165, 1.54) is 24.0 Å². The normalized spacial score (nSPS) is 49.3. The van der Waals surface area contributed by atoms with Gasteiger partial charge in [-0.3, -0.25) is 0 Å². The summed E-state index contributed by atoms with van der Waals surface area (Å²) in [4.78, 5) is 12.7. The van der Waals surface area contributed by atoms with Crippen LogP contribution in [0.2, 0.25) is 0 Å². The van der Waals surface area contributed by atoms with Crippen LogP contribution in [0.3, 0.4) is 0 Å². The zero-order chi connectivity index (χ0) is 23.1. The molecular formula is C29H44O3. The first-order valence-electron chi connectivity index (χ1n) is 13.1. The standard InChI is InChI=1S/C29H44O3/c1-18(2)21(5)19(3)16-20(4)23-8-9-24-26(23,6)12-11-25-27(7)13-10-22(30)17-28(27)14-15-29(24,25)32-31-28/h11,14-16,18,20-24,30H,8-10,12-13,17H2,1-7H3/b19-16+/t20-,21-,22+,23-,24-,26-,27-,28-,29+/m1/s1. The lowest BCUT2D eigenvalue weighted by Gasteiger charge is -2.66. The van der Waals surface area contributed by atoms with Gasteiger partial charge in [-0.1, -0.05) is 59.3 Å². The van der Waals surface area contributed by atoms with Gasteiger partial charge >= 0.3 is 0 Å². The summed E-state index contributed by atoms with van der Waals surface area (Å²) in [6.45, 7) is 16.7. The number of fused-ring (bicyclic) bond motifs is 2. The third-order valence-corrected chi connectivity index (χ3v) is 10.9. The van der Waals surface area contributed by atoms with Crippen LogP contribution in [0.4, 0.5) is 0 Å². The van der Waals surface area contributed by atoms with Crippen LogP contribution >= 0.6 is 0 Å². The molecule has 2 aliphatic heterocycles. The molecule has 178 valence electrons. The molecule has 2 spiro atoms. The van der Waals surface area contributed by atoms with Crippen molar-refractivity contribution >= 4 is 0 Å². The van der Waals surface area contributed by atoms with E-state index in [1.54, 1.807) is 0 Å². The molecule has 2 saturated carbocycles. The van der Waals surface area contributed by atoms with E-state index < -0.39 is 11.2 Å². The van der Waals surface area contributed by atoms with Crippen LogP contribution in [-0.4, -0.2) is 22.4 Å². The first-order chi connectivity index (χ1) is 15.0. The maximum absolute atomic E-state index is 10.4. The topological polar surface area (TPSA) is 38.7 Å². The molecule has 2 bridgehead atoms. The van der Waals surface area contributed by atoms with Crippen molar-refractivity contribution in [2.75, 3.05) is 0 Å². The van der Waals surface area contributed by atoms with Crippen LogP contribution in [0.1, 0.15) is 87.0 Å². The Morgan fingerprint density at radius 1 is 1.09 bits per heavy atom. The largest absolute Gasteiger partial charge is 0.393 e. The van der Waals surface area contributed by atoms with E-state index >= 15 is 0 Å². The molecule has 6 aliphatic rings. The second kappa shape index (κ2) is 7.30. The Morgan fingerprint density at radius 2 is 1.84 bits per heavy atom. The van der Waals surface area contributed by atoms with Crippen LogP contribution in [-0.2, 0) is 9.78 Å². The lowest BCUT2D eigenvalue weighted by atomic mass is 9.46. The fourth-order valence-corrected chi connectivity index (χ4v) is 8.51. The summed E-state index contributed by atoms with van der Waals surface area (Å²) >= 11 is 0. The van der Waals surface area contributed by atoms with E-state index in [4.69, 9.17) is 9.78 Å². The summed E-state index contributed by atoms with van der Waals surface area (Å²) < 4.78 is 0. The predicted octanol–water partition coefficient (Wildman–Crippen LogP) is 6.78. The van der Waals surface area contributed by atoms with Crippen LogP contribution < -0.4 is 0 Å². The summed E-state index contributed by atoms with van der Waals surface area (Å²) in [5, 5.41) is 10.4. The zero-order valence-corrected chi connectivity index (χ0v) is 21.3. The highest BCUT2D eigenvalue weighted by Crippen LogP contribution is 2.71. The van der Waals surface area contributed by atoms with Gasteiger partial charge in [0.1, 0.15) is 11.2 Å². The molecule has 1 saturated heterocycles. The molecule has 0 radical (unpaired) electrons. The molecule has 3 nitrogen and oxygen atoms in total. The number of rotatable bonds is 4. The molecule has 4 aliphatic carbocycles. The number of aliphatic hydroxyl groups is 1. The van der Waals surface area contributed by atoms with Crippen molar-refractivity contribution in [1.82, 2.24) is 0 Å². The van der Waals surface area contributed by atoms with Gasteiger partial charge in [-0.2, -0.15) is 0 Å². The van der Waals surface area contributed by atoms with E-state index in [2.05, 4.69) is 72.8 Å². The molecule has 0 aromatic rings. The quantitative estimate of drug-likeness (QED) is 0.387. The number of aliphatic hydroxyl groups excluding tert-OH is 1. The summed E-state index contributed by atoms with van der Waals surface area (Å²) in [5.41, 5.74) is 2.18. The van der Waals surface area contributed by atoms with Gasteiger partial charge in [0.2, 0.25) is 0 Å². The van der Waals surface area contributed by atoms with Gasteiger partial charge in [-0.25, -0.2) is 9.78 Å². The Labute approximate surface area is 195 Å². The fourth-order valence-electron chi connectivity index (χ4n) is 8.51. The second-order valence-corrected chi connectivity index (χ2v) is 12.8.